The first kappa shape index (κ1) is 12.4. The third kappa shape index (κ3) is 3.01. The number of hydrogen-bond acceptors (Lipinski definition) is 1. The van der Waals surface area contributed by atoms with Crippen LogP contribution in [0.4, 0.5) is 0 Å². The predicted molar refractivity (Wildman–Crippen MR) is 75.9 cm³/mol. The molecule has 1 nitrogen and oxygen atoms in total. The molecule has 0 fully saturated rings. The van der Waals surface area contributed by atoms with Gasteiger partial charge in [-0.1, -0.05) is 43.0 Å². The number of ether oxygens (including phenoxy) is 1. The van der Waals surface area contributed by atoms with Gasteiger partial charge in [0.2, 0.25) is 0 Å². The number of rotatable bonds is 4. The van der Waals surface area contributed by atoms with Crippen LogP contribution in [-0.4, -0.2) is 0 Å². The molecule has 1 unspecified atom stereocenters. The van der Waals surface area contributed by atoms with Gasteiger partial charge < -0.3 is 4.74 Å². The zero-order valence-electron chi connectivity index (χ0n) is 10.9. The number of hydrogen-bond donors (Lipinski definition) is 0. The van der Waals surface area contributed by atoms with Crippen LogP contribution >= 0.6 is 0 Å². The van der Waals surface area contributed by atoms with Crippen LogP contribution in [-0.2, 0) is 0 Å². The lowest BCUT2D eigenvalue weighted by Gasteiger charge is -2.16. The summed E-state index contributed by atoms with van der Waals surface area (Å²) in [5.74, 6) is 0.890. The van der Waals surface area contributed by atoms with Crippen LogP contribution < -0.4 is 4.74 Å². The van der Waals surface area contributed by atoms with Gasteiger partial charge in [0.05, 0.1) is 0 Å². The average molecular weight is 238 g/mol. The van der Waals surface area contributed by atoms with E-state index in [9.17, 15) is 0 Å². The van der Waals surface area contributed by atoms with Crippen LogP contribution in [0.1, 0.15) is 22.8 Å². The maximum absolute atomic E-state index is 5.99. The Bertz CT molecular complexity index is 508. The second kappa shape index (κ2) is 5.54. The van der Waals surface area contributed by atoms with Gasteiger partial charge in [0.15, 0.2) is 0 Å². The summed E-state index contributed by atoms with van der Waals surface area (Å²) >= 11 is 0. The summed E-state index contributed by atoms with van der Waals surface area (Å²) in [4.78, 5) is 0. The van der Waals surface area contributed by atoms with Crippen molar-refractivity contribution < 1.29 is 4.74 Å². The molecule has 0 aliphatic heterocycles. The van der Waals surface area contributed by atoms with Gasteiger partial charge in [-0.25, -0.2) is 0 Å². The standard InChI is InChI=1S/C17H18O/c1-4-17(15-8-6-5-7-9-15)18-16-11-13(2)10-14(3)12-16/h4-12,17H,1H2,2-3H3. The first-order valence-corrected chi connectivity index (χ1v) is 6.11. The summed E-state index contributed by atoms with van der Waals surface area (Å²) in [6, 6.07) is 16.4. The monoisotopic (exact) mass is 238 g/mol. The normalized spacial score (nSPS) is 11.9. The van der Waals surface area contributed by atoms with Crippen LogP contribution in [0.15, 0.2) is 61.2 Å². The minimum Gasteiger partial charge on any atom is -0.482 e. The van der Waals surface area contributed by atoms with Crippen molar-refractivity contribution in [2.75, 3.05) is 0 Å². The van der Waals surface area contributed by atoms with Crippen molar-refractivity contribution in [3.05, 3.63) is 77.9 Å². The lowest BCUT2D eigenvalue weighted by Crippen LogP contribution is -2.04. The molecule has 0 N–H and O–H groups in total. The Morgan fingerprint density at radius 3 is 2.17 bits per heavy atom. The van der Waals surface area contributed by atoms with E-state index in [1.165, 1.54) is 11.1 Å². The molecule has 1 atom stereocenters. The Balaban J connectivity index is 2.23. The quantitative estimate of drug-likeness (QED) is 0.707. The first-order valence-electron chi connectivity index (χ1n) is 6.11. The smallest absolute Gasteiger partial charge is 0.142 e. The van der Waals surface area contributed by atoms with Gasteiger partial charge in [-0.2, -0.15) is 0 Å². The van der Waals surface area contributed by atoms with Gasteiger partial charge in [-0.3, -0.25) is 0 Å². The highest BCUT2D eigenvalue weighted by molar-refractivity contribution is 5.34. The Morgan fingerprint density at radius 2 is 1.61 bits per heavy atom. The van der Waals surface area contributed by atoms with E-state index in [0.717, 1.165) is 11.3 Å². The molecule has 2 aromatic carbocycles. The molecule has 92 valence electrons. The molecule has 1 heteroatoms. The summed E-state index contributed by atoms with van der Waals surface area (Å²) in [6.07, 6.45) is 1.72. The number of benzene rings is 2. The van der Waals surface area contributed by atoms with Gasteiger partial charge in [0, 0.05) is 0 Å². The Kier molecular flexibility index (Phi) is 3.83. The molecule has 0 heterocycles. The summed E-state index contributed by atoms with van der Waals surface area (Å²) in [5.41, 5.74) is 3.54. The van der Waals surface area contributed by atoms with Gasteiger partial charge in [-0.05, 0) is 48.7 Å². The lowest BCUT2D eigenvalue weighted by molar-refractivity contribution is 0.255. The lowest BCUT2D eigenvalue weighted by atomic mass is 10.1. The van der Waals surface area contributed by atoms with Crippen molar-refractivity contribution >= 4 is 0 Å². The van der Waals surface area contributed by atoms with Gasteiger partial charge in [0.25, 0.3) is 0 Å². The van der Waals surface area contributed by atoms with Crippen molar-refractivity contribution in [3.8, 4) is 5.75 Å². The molecule has 0 aliphatic rings. The second-order valence-corrected chi connectivity index (χ2v) is 4.51. The maximum Gasteiger partial charge on any atom is 0.142 e. The van der Waals surface area contributed by atoms with Crippen LogP contribution in [0.5, 0.6) is 5.75 Å². The minimum atomic E-state index is -0.104. The van der Waals surface area contributed by atoms with E-state index in [1.807, 2.05) is 36.4 Å². The molecule has 0 saturated carbocycles. The third-order valence-corrected chi connectivity index (χ3v) is 2.80. The molecule has 2 rings (SSSR count). The second-order valence-electron chi connectivity index (χ2n) is 4.51. The zero-order valence-corrected chi connectivity index (χ0v) is 10.9. The molecular formula is C17H18O. The van der Waals surface area contributed by atoms with Crippen LogP contribution in [0.25, 0.3) is 0 Å². The van der Waals surface area contributed by atoms with Gasteiger partial charge in [0.1, 0.15) is 11.9 Å². The highest BCUT2D eigenvalue weighted by Gasteiger charge is 2.09. The average Bonchev–Trinajstić information content (AvgIpc) is 2.36. The summed E-state index contributed by atoms with van der Waals surface area (Å²) in [5, 5.41) is 0. The van der Waals surface area contributed by atoms with Crippen LogP contribution in [0.3, 0.4) is 0 Å². The Hall–Kier alpha value is -2.02. The third-order valence-electron chi connectivity index (χ3n) is 2.80. The van der Waals surface area contributed by atoms with Gasteiger partial charge in [-0.15, -0.1) is 0 Å². The van der Waals surface area contributed by atoms with Gasteiger partial charge >= 0.3 is 0 Å². The summed E-state index contributed by atoms with van der Waals surface area (Å²) < 4.78 is 5.99. The topological polar surface area (TPSA) is 9.23 Å². The maximum atomic E-state index is 5.99. The number of aryl methyl sites for hydroxylation is 2. The molecule has 0 amide bonds. The molecule has 0 radical (unpaired) electrons. The van der Waals surface area contributed by atoms with E-state index in [1.54, 1.807) is 0 Å². The van der Waals surface area contributed by atoms with E-state index in [-0.39, 0.29) is 6.10 Å². The Labute approximate surface area is 109 Å². The highest BCUT2D eigenvalue weighted by Crippen LogP contribution is 2.24. The molecular weight excluding hydrogens is 220 g/mol. The van der Waals surface area contributed by atoms with E-state index in [4.69, 9.17) is 4.74 Å². The SMILES string of the molecule is C=CC(Oc1cc(C)cc(C)c1)c1ccccc1. The summed E-state index contributed by atoms with van der Waals surface area (Å²) in [6.45, 7) is 8.00. The largest absolute Gasteiger partial charge is 0.482 e. The Morgan fingerprint density at radius 1 is 1.00 bits per heavy atom. The van der Waals surface area contributed by atoms with Crippen molar-refractivity contribution in [1.82, 2.24) is 0 Å². The molecule has 0 spiro atoms. The van der Waals surface area contributed by atoms with E-state index >= 15 is 0 Å². The fraction of sp³-hybridized carbons (Fsp3) is 0.176. The minimum absolute atomic E-state index is 0.104. The van der Waals surface area contributed by atoms with Crippen molar-refractivity contribution in [3.63, 3.8) is 0 Å². The van der Waals surface area contributed by atoms with Crippen molar-refractivity contribution in [2.45, 2.75) is 20.0 Å². The molecule has 0 aromatic heterocycles. The van der Waals surface area contributed by atoms with E-state index in [0.29, 0.717) is 0 Å². The first-order chi connectivity index (χ1) is 8.69. The van der Waals surface area contributed by atoms with Crippen LogP contribution in [0.2, 0.25) is 0 Å². The molecule has 0 bridgehead atoms. The fourth-order valence-electron chi connectivity index (χ4n) is 2.04. The fourth-order valence-corrected chi connectivity index (χ4v) is 2.04. The van der Waals surface area contributed by atoms with Crippen molar-refractivity contribution in [1.29, 1.82) is 0 Å². The predicted octanol–water partition coefficient (Wildman–Crippen LogP) is 4.61. The molecule has 18 heavy (non-hydrogen) atoms. The highest BCUT2D eigenvalue weighted by atomic mass is 16.5. The molecule has 0 aliphatic carbocycles. The molecule has 0 saturated heterocycles. The molecule has 2 aromatic rings. The van der Waals surface area contributed by atoms with E-state index in [2.05, 4.69) is 38.6 Å². The van der Waals surface area contributed by atoms with Crippen LogP contribution in [0, 0.1) is 13.8 Å². The summed E-state index contributed by atoms with van der Waals surface area (Å²) in [7, 11) is 0. The van der Waals surface area contributed by atoms with E-state index < -0.39 is 0 Å². The van der Waals surface area contributed by atoms with Crippen molar-refractivity contribution in [2.24, 2.45) is 0 Å². The zero-order chi connectivity index (χ0) is 13.0.